The highest BCUT2D eigenvalue weighted by Crippen LogP contribution is 2.67. The van der Waals surface area contributed by atoms with Crippen LogP contribution in [0.5, 0.6) is 0 Å². The van der Waals surface area contributed by atoms with Gasteiger partial charge in [-0.25, -0.2) is 0 Å². The van der Waals surface area contributed by atoms with Crippen molar-refractivity contribution in [3.63, 3.8) is 0 Å². The summed E-state index contributed by atoms with van der Waals surface area (Å²) in [5, 5.41) is 0.575. The van der Waals surface area contributed by atoms with E-state index < -0.39 is 7.26 Å². The Labute approximate surface area is 73.1 Å². The second kappa shape index (κ2) is 3.90. The summed E-state index contributed by atoms with van der Waals surface area (Å²) < 4.78 is 0. The van der Waals surface area contributed by atoms with Gasteiger partial charge in [-0.1, -0.05) is 0 Å². The first-order chi connectivity index (χ1) is 4.93. The van der Waals surface area contributed by atoms with Crippen molar-refractivity contribution < 1.29 is 0 Å². The van der Waals surface area contributed by atoms with Crippen molar-refractivity contribution in [2.75, 3.05) is 18.5 Å². The predicted octanol–water partition coefficient (Wildman–Crippen LogP) is 3.86. The Hall–Kier alpha value is 0.430. The van der Waals surface area contributed by atoms with Crippen molar-refractivity contribution >= 4 is 7.26 Å². The summed E-state index contributed by atoms with van der Waals surface area (Å²) in [6, 6.07) is 0. The Kier molecular flexibility index (Phi) is 4.05. The average Bonchev–Trinajstić information content (AvgIpc) is 1.90. The molecule has 0 atom stereocenters. The maximum Gasteiger partial charge on any atom is 0.0715 e. The van der Waals surface area contributed by atoms with Gasteiger partial charge >= 0.3 is 0 Å². The first-order valence-electron chi connectivity index (χ1n) is 4.79. The number of hydrogen-bond donors (Lipinski definition) is 0. The van der Waals surface area contributed by atoms with Gasteiger partial charge in [0.2, 0.25) is 0 Å². The fourth-order valence-corrected chi connectivity index (χ4v) is 6.28. The molecule has 0 rings (SSSR count). The first kappa shape index (κ1) is 11.4. The van der Waals surface area contributed by atoms with Crippen LogP contribution in [0.1, 0.15) is 41.5 Å². The highest BCUT2D eigenvalue weighted by atomic mass is 31.2. The van der Waals surface area contributed by atoms with Crippen LogP contribution >= 0.6 is 7.26 Å². The minimum absolute atomic E-state index is 0.575. The second-order valence-corrected chi connectivity index (χ2v) is 9.79. The molecule has 0 aliphatic heterocycles. The summed E-state index contributed by atoms with van der Waals surface area (Å²) in [5.41, 5.74) is 0. The van der Waals surface area contributed by atoms with E-state index in [9.17, 15) is 0 Å². The third-order valence-electron chi connectivity index (χ3n) is 3.24. The molecular weight excluding hydrogens is 151 g/mol. The molecule has 0 saturated heterocycles. The van der Waals surface area contributed by atoms with E-state index in [-0.39, 0.29) is 0 Å². The molecule has 0 aromatic heterocycles. The summed E-state index contributed by atoms with van der Waals surface area (Å²) in [6.07, 6.45) is 4.26. The van der Waals surface area contributed by atoms with Gasteiger partial charge in [0, 0.05) is 7.26 Å². The number of rotatable bonds is 3. The van der Waals surface area contributed by atoms with E-state index >= 15 is 0 Å². The van der Waals surface area contributed by atoms with Crippen molar-refractivity contribution in [1.29, 1.82) is 0 Å². The molecule has 0 aromatic carbocycles. The van der Waals surface area contributed by atoms with Gasteiger partial charge in [-0.2, -0.15) is 0 Å². The monoisotopic (exact) mass is 175 g/mol. The molecule has 0 aliphatic rings. The molecule has 1 heteroatoms. The lowest BCUT2D eigenvalue weighted by atomic mass is 10.3. The normalized spacial score (nSPS) is 13.6. The molecular formula is C10H24P+. The third kappa shape index (κ3) is 2.18. The topological polar surface area (TPSA) is 0 Å². The SMILES string of the molecule is CC[P+](CC)(CC)C(C)(C)C. The smallest absolute Gasteiger partial charge is 0.0311 e. The molecule has 0 amide bonds. The van der Waals surface area contributed by atoms with Crippen LogP contribution in [0.2, 0.25) is 0 Å². The van der Waals surface area contributed by atoms with Crippen LogP contribution < -0.4 is 0 Å². The lowest BCUT2D eigenvalue weighted by Gasteiger charge is -2.36. The van der Waals surface area contributed by atoms with E-state index in [0.717, 1.165) is 0 Å². The summed E-state index contributed by atoms with van der Waals surface area (Å²) >= 11 is 0. The van der Waals surface area contributed by atoms with Gasteiger partial charge in [0.1, 0.15) is 0 Å². The van der Waals surface area contributed by atoms with E-state index in [2.05, 4.69) is 41.5 Å². The second-order valence-electron chi connectivity index (χ2n) is 4.26. The van der Waals surface area contributed by atoms with Crippen LogP contribution in [0.25, 0.3) is 0 Å². The molecule has 0 bridgehead atoms. The van der Waals surface area contributed by atoms with Crippen LogP contribution in [-0.2, 0) is 0 Å². The Morgan fingerprint density at radius 3 is 1.09 bits per heavy atom. The zero-order valence-electron chi connectivity index (χ0n) is 9.07. The maximum absolute atomic E-state index is 2.41. The van der Waals surface area contributed by atoms with Crippen LogP contribution in [0.15, 0.2) is 0 Å². The fraction of sp³-hybridized carbons (Fsp3) is 1.00. The summed E-state index contributed by atoms with van der Waals surface area (Å²) in [4.78, 5) is 0. The van der Waals surface area contributed by atoms with Crippen molar-refractivity contribution in [1.82, 2.24) is 0 Å². The maximum atomic E-state index is 2.41. The third-order valence-corrected chi connectivity index (χ3v) is 9.72. The first-order valence-corrected chi connectivity index (χ1v) is 7.14. The van der Waals surface area contributed by atoms with Gasteiger partial charge in [0.05, 0.1) is 23.6 Å². The van der Waals surface area contributed by atoms with Crippen LogP contribution in [0.3, 0.4) is 0 Å². The minimum Gasteiger partial charge on any atom is -0.0311 e. The molecule has 0 N–H and O–H groups in total. The average molecular weight is 175 g/mol. The van der Waals surface area contributed by atoms with Crippen molar-refractivity contribution in [2.24, 2.45) is 0 Å². The zero-order valence-corrected chi connectivity index (χ0v) is 9.96. The Bertz CT molecular complexity index is 98.3. The van der Waals surface area contributed by atoms with Gasteiger partial charge in [0.15, 0.2) is 0 Å². The van der Waals surface area contributed by atoms with E-state index in [0.29, 0.717) is 5.16 Å². The number of hydrogen-bond acceptors (Lipinski definition) is 0. The van der Waals surface area contributed by atoms with Gasteiger partial charge in [-0.15, -0.1) is 0 Å². The summed E-state index contributed by atoms with van der Waals surface area (Å²) in [6.45, 7) is 14.3. The van der Waals surface area contributed by atoms with Gasteiger partial charge < -0.3 is 0 Å². The molecule has 0 fully saturated rings. The standard InChI is InChI=1S/C10H24P/c1-7-11(8-2,9-3)10(4,5)6/h7-9H2,1-6H3/q+1. The Morgan fingerprint density at radius 2 is 1.09 bits per heavy atom. The molecule has 0 aliphatic carbocycles. The van der Waals surface area contributed by atoms with Crippen molar-refractivity contribution in [2.45, 2.75) is 46.7 Å². The van der Waals surface area contributed by atoms with E-state index in [1.54, 1.807) is 0 Å². The summed E-state index contributed by atoms with van der Waals surface area (Å²) in [5.74, 6) is 0. The molecule has 11 heavy (non-hydrogen) atoms. The molecule has 68 valence electrons. The highest BCUT2D eigenvalue weighted by Gasteiger charge is 2.43. The van der Waals surface area contributed by atoms with Gasteiger partial charge in [-0.3, -0.25) is 0 Å². The van der Waals surface area contributed by atoms with Gasteiger partial charge in [0.25, 0.3) is 0 Å². The minimum atomic E-state index is -0.623. The van der Waals surface area contributed by atoms with Crippen molar-refractivity contribution in [3.05, 3.63) is 0 Å². The van der Waals surface area contributed by atoms with Crippen LogP contribution in [0, 0.1) is 0 Å². The predicted molar refractivity (Wildman–Crippen MR) is 58.3 cm³/mol. The lowest BCUT2D eigenvalue weighted by molar-refractivity contribution is 0.762. The van der Waals surface area contributed by atoms with E-state index in [1.165, 1.54) is 18.5 Å². The highest BCUT2D eigenvalue weighted by molar-refractivity contribution is 7.77. The lowest BCUT2D eigenvalue weighted by Crippen LogP contribution is -2.25. The quantitative estimate of drug-likeness (QED) is 0.571. The molecule has 0 aromatic rings. The largest absolute Gasteiger partial charge is 0.0715 e. The van der Waals surface area contributed by atoms with E-state index in [4.69, 9.17) is 0 Å². The Morgan fingerprint density at radius 1 is 0.818 bits per heavy atom. The van der Waals surface area contributed by atoms with Gasteiger partial charge in [-0.05, 0) is 41.5 Å². The molecule has 0 unspecified atom stereocenters. The zero-order chi connectivity index (χ0) is 9.12. The van der Waals surface area contributed by atoms with Crippen molar-refractivity contribution in [3.8, 4) is 0 Å². The van der Waals surface area contributed by atoms with Crippen LogP contribution in [-0.4, -0.2) is 23.6 Å². The molecule has 0 nitrogen and oxygen atoms in total. The van der Waals surface area contributed by atoms with E-state index in [1.807, 2.05) is 0 Å². The molecule has 0 spiro atoms. The molecule has 0 saturated carbocycles. The molecule has 0 heterocycles. The summed E-state index contributed by atoms with van der Waals surface area (Å²) in [7, 11) is -0.623. The molecule has 0 radical (unpaired) electrons. The van der Waals surface area contributed by atoms with Crippen LogP contribution in [0.4, 0.5) is 0 Å². The Balaban J connectivity index is 4.54. The fourth-order valence-electron chi connectivity index (χ4n) is 2.09.